The minimum absolute atomic E-state index is 0.000885. The van der Waals surface area contributed by atoms with Crippen LogP contribution in [0.2, 0.25) is 0 Å². The van der Waals surface area contributed by atoms with Crippen LogP contribution < -0.4 is 0 Å². The van der Waals surface area contributed by atoms with Crippen molar-refractivity contribution in [1.82, 2.24) is 0 Å². The van der Waals surface area contributed by atoms with Gasteiger partial charge >= 0.3 is 0 Å². The van der Waals surface area contributed by atoms with Gasteiger partial charge in [0, 0.05) is 5.92 Å². The monoisotopic (exact) mass is 248 g/mol. The standard InChI is InChI=1S/C16H21FO/c1-10-4-5-14(15(17)9-10)16(18)13-7-11(2)6-12(3)8-13/h4-5,9,11-13H,6-8H2,1-3H3. The minimum atomic E-state index is -0.370. The largest absolute Gasteiger partial charge is 0.294 e. The first-order valence-corrected chi connectivity index (χ1v) is 6.77. The molecule has 0 heterocycles. The van der Waals surface area contributed by atoms with Gasteiger partial charge in [0.05, 0.1) is 5.56 Å². The van der Waals surface area contributed by atoms with Crippen LogP contribution in [-0.2, 0) is 0 Å². The average molecular weight is 248 g/mol. The summed E-state index contributed by atoms with van der Waals surface area (Å²) in [6, 6.07) is 4.89. The highest BCUT2D eigenvalue weighted by Crippen LogP contribution is 2.35. The predicted octanol–water partition coefficient (Wildman–Crippen LogP) is 4.39. The second kappa shape index (κ2) is 5.21. The lowest BCUT2D eigenvalue weighted by Crippen LogP contribution is -2.26. The van der Waals surface area contributed by atoms with Crippen molar-refractivity contribution in [3.05, 3.63) is 35.1 Å². The minimum Gasteiger partial charge on any atom is -0.294 e. The van der Waals surface area contributed by atoms with E-state index in [9.17, 15) is 9.18 Å². The first kappa shape index (κ1) is 13.3. The number of carbonyl (C=O) groups excluding carboxylic acids is 1. The van der Waals surface area contributed by atoms with Crippen LogP contribution in [0.1, 0.15) is 49.0 Å². The number of rotatable bonds is 2. The Bertz CT molecular complexity index is 442. The molecule has 0 amide bonds. The topological polar surface area (TPSA) is 17.1 Å². The molecule has 1 aromatic carbocycles. The van der Waals surface area contributed by atoms with Crippen molar-refractivity contribution in [1.29, 1.82) is 0 Å². The molecule has 1 aromatic rings. The number of hydrogen-bond donors (Lipinski definition) is 0. The lowest BCUT2D eigenvalue weighted by molar-refractivity contribution is 0.0832. The summed E-state index contributed by atoms with van der Waals surface area (Å²) in [6.07, 6.45) is 2.98. The van der Waals surface area contributed by atoms with Crippen molar-refractivity contribution in [2.24, 2.45) is 17.8 Å². The molecule has 2 rings (SSSR count). The van der Waals surface area contributed by atoms with Crippen LogP contribution in [0, 0.1) is 30.5 Å². The van der Waals surface area contributed by atoms with Crippen LogP contribution in [0.5, 0.6) is 0 Å². The van der Waals surface area contributed by atoms with Gasteiger partial charge in [0.25, 0.3) is 0 Å². The van der Waals surface area contributed by atoms with Gasteiger partial charge in [-0.1, -0.05) is 19.9 Å². The molecule has 0 bridgehead atoms. The van der Waals surface area contributed by atoms with Gasteiger partial charge < -0.3 is 0 Å². The van der Waals surface area contributed by atoms with Crippen LogP contribution in [-0.4, -0.2) is 5.78 Å². The zero-order valence-corrected chi connectivity index (χ0v) is 11.4. The van der Waals surface area contributed by atoms with E-state index in [0.29, 0.717) is 11.8 Å². The zero-order chi connectivity index (χ0) is 13.3. The normalized spacial score (nSPS) is 28.1. The van der Waals surface area contributed by atoms with Crippen molar-refractivity contribution < 1.29 is 9.18 Å². The molecule has 2 heteroatoms. The molecular weight excluding hydrogens is 227 g/mol. The summed E-state index contributed by atoms with van der Waals surface area (Å²) in [5, 5.41) is 0. The Morgan fingerprint density at radius 2 is 1.78 bits per heavy atom. The van der Waals surface area contributed by atoms with Crippen molar-refractivity contribution in [3.8, 4) is 0 Å². The molecular formula is C16H21FO. The van der Waals surface area contributed by atoms with Gasteiger partial charge in [-0.25, -0.2) is 4.39 Å². The van der Waals surface area contributed by atoms with Crippen molar-refractivity contribution in [2.45, 2.75) is 40.0 Å². The van der Waals surface area contributed by atoms with Crippen LogP contribution in [0.25, 0.3) is 0 Å². The number of ketones is 1. The van der Waals surface area contributed by atoms with E-state index in [4.69, 9.17) is 0 Å². The fraction of sp³-hybridized carbons (Fsp3) is 0.562. The molecule has 1 nitrogen and oxygen atoms in total. The van der Waals surface area contributed by atoms with E-state index in [1.165, 1.54) is 12.5 Å². The van der Waals surface area contributed by atoms with E-state index < -0.39 is 0 Å². The summed E-state index contributed by atoms with van der Waals surface area (Å²) < 4.78 is 13.8. The lowest BCUT2D eigenvalue weighted by Gasteiger charge is -2.30. The Morgan fingerprint density at radius 3 is 2.33 bits per heavy atom. The van der Waals surface area contributed by atoms with Crippen LogP contribution in [0.4, 0.5) is 4.39 Å². The molecule has 1 aliphatic rings. The number of aryl methyl sites for hydroxylation is 1. The molecule has 2 atom stereocenters. The Labute approximate surface area is 108 Å². The van der Waals surface area contributed by atoms with Gasteiger partial charge in [0.2, 0.25) is 0 Å². The first-order chi connectivity index (χ1) is 8.47. The van der Waals surface area contributed by atoms with E-state index in [2.05, 4.69) is 13.8 Å². The first-order valence-electron chi connectivity index (χ1n) is 6.77. The third kappa shape index (κ3) is 2.80. The summed E-state index contributed by atoms with van der Waals surface area (Å²) in [7, 11) is 0. The van der Waals surface area contributed by atoms with E-state index >= 15 is 0 Å². The molecule has 0 aromatic heterocycles. The van der Waals surface area contributed by atoms with E-state index in [0.717, 1.165) is 18.4 Å². The van der Waals surface area contributed by atoms with E-state index in [-0.39, 0.29) is 23.1 Å². The van der Waals surface area contributed by atoms with Crippen LogP contribution in [0.3, 0.4) is 0 Å². The van der Waals surface area contributed by atoms with Crippen LogP contribution in [0.15, 0.2) is 18.2 Å². The Hall–Kier alpha value is -1.18. The second-order valence-electron chi connectivity index (χ2n) is 5.96. The highest BCUT2D eigenvalue weighted by Gasteiger charge is 2.30. The van der Waals surface area contributed by atoms with Crippen LogP contribution >= 0.6 is 0 Å². The van der Waals surface area contributed by atoms with Crippen molar-refractivity contribution in [3.63, 3.8) is 0 Å². The van der Waals surface area contributed by atoms with E-state index in [1.54, 1.807) is 6.07 Å². The molecule has 1 saturated carbocycles. The van der Waals surface area contributed by atoms with Crippen molar-refractivity contribution >= 4 is 5.78 Å². The van der Waals surface area contributed by atoms with Gasteiger partial charge in [-0.2, -0.15) is 0 Å². The molecule has 0 N–H and O–H groups in total. The Balaban J connectivity index is 2.20. The SMILES string of the molecule is Cc1ccc(C(=O)C2CC(C)CC(C)C2)c(F)c1. The molecule has 18 heavy (non-hydrogen) atoms. The van der Waals surface area contributed by atoms with Gasteiger partial charge in [-0.05, 0) is 55.7 Å². The maximum atomic E-state index is 13.8. The summed E-state index contributed by atoms with van der Waals surface area (Å²) in [4.78, 5) is 12.4. The van der Waals surface area contributed by atoms with Crippen molar-refractivity contribution in [2.75, 3.05) is 0 Å². The number of hydrogen-bond acceptors (Lipinski definition) is 1. The fourth-order valence-electron chi connectivity index (χ4n) is 3.20. The summed E-state index contributed by atoms with van der Waals surface area (Å²) in [5.41, 5.74) is 1.13. The van der Waals surface area contributed by atoms with Gasteiger partial charge in [0.1, 0.15) is 5.82 Å². The summed E-state index contributed by atoms with van der Waals surface area (Å²) in [6.45, 7) is 6.20. The molecule has 0 radical (unpaired) electrons. The maximum absolute atomic E-state index is 13.8. The summed E-state index contributed by atoms with van der Waals surface area (Å²) in [5.74, 6) is 0.755. The number of carbonyl (C=O) groups is 1. The maximum Gasteiger partial charge on any atom is 0.168 e. The third-order valence-electron chi connectivity index (χ3n) is 3.94. The lowest BCUT2D eigenvalue weighted by atomic mass is 9.74. The number of Topliss-reactive ketones (excluding diaryl/α,β-unsaturated/α-hetero) is 1. The summed E-state index contributed by atoms with van der Waals surface area (Å²) >= 11 is 0. The third-order valence-corrected chi connectivity index (χ3v) is 3.94. The molecule has 1 fully saturated rings. The Morgan fingerprint density at radius 1 is 1.17 bits per heavy atom. The molecule has 1 aliphatic carbocycles. The number of halogens is 1. The van der Waals surface area contributed by atoms with E-state index in [1.807, 2.05) is 13.0 Å². The number of benzene rings is 1. The molecule has 0 aliphatic heterocycles. The molecule has 0 spiro atoms. The second-order valence-corrected chi connectivity index (χ2v) is 5.96. The average Bonchev–Trinajstić information content (AvgIpc) is 2.26. The highest BCUT2D eigenvalue weighted by molar-refractivity contribution is 5.98. The fourth-order valence-corrected chi connectivity index (χ4v) is 3.20. The molecule has 98 valence electrons. The molecule has 2 unspecified atom stereocenters. The van der Waals surface area contributed by atoms with Gasteiger partial charge in [-0.15, -0.1) is 0 Å². The highest BCUT2D eigenvalue weighted by atomic mass is 19.1. The quantitative estimate of drug-likeness (QED) is 0.709. The zero-order valence-electron chi connectivity index (χ0n) is 11.4. The van der Waals surface area contributed by atoms with Gasteiger partial charge in [0.15, 0.2) is 5.78 Å². The Kier molecular flexibility index (Phi) is 3.84. The van der Waals surface area contributed by atoms with Gasteiger partial charge in [-0.3, -0.25) is 4.79 Å². The predicted molar refractivity (Wildman–Crippen MR) is 71.1 cm³/mol. The molecule has 0 saturated heterocycles. The smallest absolute Gasteiger partial charge is 0.168 e.